The second-order valence-corrected chi connectivity index (χ2v) is 21.0. The average molecular weight is 507 g/mol. The number of benzene rings is 4. The third-order valence-corrected chi connectivity index (χ3v) is 19.7. The van der Waals surface area contributed by atoms with Crippen LogP contribution in [0, 0.1) is 0 Å². The number of hydrogen-bond acceptors (Lipinski definition) is 0. The summed E-state index contributed by atoms with van der Waals surface area (Å²) in [6, 6.07) is 36.9. The van der Waals surface area contributed by atoms with Gasteiger partial charge in [-0.25, -0.2) is 0 Å². The number of fused-ring (bicyclic) bond motifs is 6. The molecule has 6 rings (SSSR count). The summed E-state index contributed by atoms with van der Waals surface area (Å²) in [6.45, 7) is 5.18. The fourth-order valence-corrected chi connectivity index (χ4v) is 19.0. The van der Waals surface area contributed by atoms with Crippen molar-refractivity contribution in [3.8, 4) is 22.3 Å². The van der Waals surface area contributed by atoms with Crippen LogP contribution in [0.25, 0.3) is 22.3 Å². The van der Waals surface area contributed by atoms with E-state index in [0.29, 0.717) is 8.45 Å². The molecule has 0 aliphatic heterocycles. The normalized spacial score (nSPS) is 12.9. The Morgan fingerprint density at radius 3 is 0.969 bits per heavy atom. The van der Waals surface area contributed by atoms with Crippen LogP contribution in [0.15, 0.2) is 97.1 Å². The minimum absolute atomic E-state index is 0. The maximum absolute atomic E-state index is 2.59. The molecule has 0 amide bonds. The van der Waals surface area contributed by atoms with Gasteiger partial charge in [0.05, 0.1) is 0 Å². The van der Waals surface area contributed by atoms with Gasteiger partial charge in [-0.05, 0) is 0 Å². The third kappa shape index (κ3) is 3.47. The number of rotatable bonds is 2. The molecule has 158 valence electrons. The SMILES string of the molecule is C[Si](C)=[Ti+2]([CH]1c2ccccc2-c2ccccc21)[CH]1c2ccccc2-c2ccccc21.[Cl-].[Cl-]. The molecule has 2 aliphatic carbocycles. The zero-order valence-corrected chi connectivity index (χ0v) is 22.2. The molecule has 4 aromatic carbocycles. The van der Waals surface area contributed by atoms with Crippen molar-refractivity contribution in [3.05, 3.63) is 119 Å². The van der Waals surface area contributed by atoms with Crippen molar-refractivity contribution >= 4 is 6.19 Å². The Labute approximate surface area is 209 Å². The van der Waals surface area contributed by atoms with Crippen molar-refractivity contribution in [3.63, 3.8) is 0 Å². The van der Waals surface area contributed by atoms with Gasteiger partial charge in [0.25, 0.3) is 0 Å². The number of halogens is 2. The standard InChI is InChI=1S/2C13H9.C2H6Si.2ClH.Ti/c2*1-3-7-12-10(5-1)9-11-6-2-4-8-13(11)12;1-3-2;;;/h2*1-9H;1-2H3;2*1H;/q;;;;;+2/p-2. The van der Waals surface area contributed by atoms with Gasteiger partial charge in [0, 0.05) is 0 Å². The van der Waals surface area contributed by atoms with Gasteiger partial charge in [-0.3, -0.25) is 0 Å². The minimum Gasteiger partial charge on any atom is -1.00 e. The van der Waals surface area contributed by atoms with Crippen LogP contribution in [-0.2, 0) is 16.6 Å². The predicted octanol–water partition coefficient (Wildman–Crippen LogP) is 1.40. The van der Waals surface area contributed by atoms with E-state index in [1.165, 1.54) is 22.3 Å². The largest absolute Gasteiger partial charge is 1.00 e. The van der Waals surface area contributed by atoms with Crippen LogP contribution in [0.4, 0.5) is 0 Å². The van der Waals surface area contributed by atoms with Crippen LogP contribution in [0.3, 0.4) is 0 Å². The summed E-state index contributed by atoms with van der Waals surface area (Å²) < 4.78 is 1.26. The Balaban J connectivity index is 0.00000122. The topological polar surface area (TPSA) is 0 Å². The molecular formula is C28H24Cl2SiTi. The average Bonchev–Trinajstić information content (AvgIpc) is 3.29. The quantitative estimate of drug-likeness (QED) is 0.360. The van der Waals surface area contributed by atoms with Gasteiger partial charge in [0.2, 0.25) is 0 Å². The Hall–Kier alpha value is -1.61. The van der Waals surface area contributed by atoms with Crippen LogP contribution in [0.1, 0.15) is 30.7 Å². The first-order valence-electron chi connectivity index (χ1n) is 10.8. The summed E-state index contributed by atoms with van der Waals surface area (Å²) in [7, 11) is 0. The van der Waals surface area contributed by atoms with Gasteiger partial charge in [-0.15, -0.1) is 0 Å². The van der Waals surface area contributed by atoms with Crippen molar-refractivity contribution < 1.29 is 41.4 Å². The second kappa shape index (κ2) is 9.33. The molecule has 0 saturated carbocycles. The first kappa shape index (κ1) is 23.5. The van der Waals surface area contributed by atoms with E-state index < -0.39 is 22.8 Å². The van der Waals surface area contributed by atoms with E-state index in [4.69, 9.17) is 0 Å². The molecule has 0 aromatic heterocycles. The van der Waals surface area contributed by atoms with Crippen molar-refractivity contribution in [2.24, 2.45) is 0 Å². The van der Waals surface area contributed by atoms with E-state index in [0.717, 1.165) is 0 Å². The molecule has 0 fully saturated rings. The molecule has 4 heteroatoms. The molecule has 0 heterocycles. The zero-order chi connectivity index (χ0) is 20.2. The van der Waals surface area contributed by atoms with Crippen LogP contribution in [0.2, 0.25) is 13.1 Å². The van der Waals surface area contributed by atoms with E-state index in [-0.39, 0.29) is 24.8 Å². The number of hydrogen-bond donors (Lipinski definition) is 0. The molecule has 0 bridgehead atoms. The van der Waals surface area contributed by atoms with Gasteiger partial charge in [-0.2, -0.15) is 0 Å². The first-order chi connectivity index (χ1) is 14.8. The maximum atomic E-state index is 2.59. The summed E-state index contributed by atoms with van der Waals surface area (Å²) in [5, 5.41) is 0. The molecule has 0 radical (unpaired) electrons. The van der Waals surface area contributed by atoms with Gasteiger partial charge < -0.3 is 24.8 Å². The van der Waals surface area contributed by atoms with E-state index >= 15 is 0 Å². The van der Waals surface area contributed by atoms with Crippen LogP contribution >= 0.6 is 0 Å². The molecule has 32 heavy (non-hydrogen) atoms. The fraction of sp³-hybridized carbons (Fsp3) is 0.143. The Kier molecular flexibility index (Phi) is 6.87. The van der Waals surface area contributed by atoms with Crippen molar-refractivity contribution in [1.82, 2.24) is 0 Å². The van der Waals surface area contributed by atoms with Gasteiger partial charge >= 0.3 is 186 Å². The molecule has 4 aromatic rings. The van der Waals surface area contributed by atoms with E-state index in [9.17, 15) is 0 Å². The molecule has 0 unspecified atom stereocenters. The molecule has 0 nitrogen and oxygen atoms in total. The van der Waals surface area contributed by atoms with Gasteiger partial charge in [0.1, 0.15) is 0 Å². The van der Waals surface area contributed by atoms with E-state index in [1.54, 1.807) is 22.3 Å². The molecule has 0 atom stereocenters. The second-order valence-electron chi connectivity index (χ2n) is 8.67. The monoisotopic (exact) mass is 506 g/mol. The third-order valence-electron chi connectivity index (χ3n) is 6.87. The summed E-state index contributed by atoms with van der Waals surface area (Å²) in [5.74, 6) is 0. The summed E-state index contributed by atoms with van der Waals surface area (Å²) in [5.41, 5.74) is 12.3. The van der Waals surface area contributed by atoms with Crippen molar-refractivity contribution in [2.45, 2.75) is 21.5 Å². The Morgan fingerprint density at radius 2 is 0.719 bits per heavy atom. The zero-order valence-electron chi connectivity index (χ0n) is 18.1. The van der Waals surface area contributed by atoms with E-state index in [2.05, 4.69) is 110 Å². The Bertz CT molecular complexity index is 1150. The summed E-state index contributed by atoms with van der Waals surface area (Å²) in [4.78, 5) is 0. The molecule has 2 aliphatic rings. The molecule has 0 spiro atoms. The van der Waals surface area contributed by atoms with Crippen LogP contribution < -0.4 is 24.8 Å². The van der Waals surface area contributed by atoms with Gasteiger partial charge in [0.15, 0.2) is 0 Å². The van der Waals surface area contributed by atoms with Crippen molar-refractivity contribution in [1.29, 1.82) is 0 Å². The Morgan fingerprint density at radius 1 is 0.469 bits per heavy atom. The minimum atomic E-state index is -1.63. The fourth-order valence-electron chi connectivity index (χ4n) is 5.73. The summed E-state index contributed by atoms with van der Waals surface area (Å²) >= 11 is -1.63. The smallest absolute Gasteiger partial charge is 1.00 e. The predicted molar refractivity (Wildman–Crippen MR) is 125 cm³/mol. The van der Waals surface area contributed by atoms with Crippen LogP contribution in [0.5, 0.6) is 0 Å². The van der Waals surface area contributed by atoms with E-state index in [1.807, 2.05) is 0 Å². The molecule has 0 saturated heterocycles. The first-order valence-corrected chi connectivity index (χ1v) is 17.4. The van der Waals surface area contributed by atoms with Crippen LogP contribution in [-0.4, -0.2) is 6.19 Å². The molecule has 0 N–H and O–H groups in total. The summed E-state index contributed by atoms with van der Waals surface area (Å²) in [6.07, 6.45) is -0.439. The van der Waals surface area contributed by atoms with Gasteiger partial charge in [-0.1, -0.05) is 0 Å². The van der Waals surface area contributed by atoms with Crippen molar-refractivity contribution in [2.75, 3.05) is 0 Å². The maximum Gasteiger partial charge on any atom is -1.00 e. The molecular weight excluding hydrogens is 483 g/mol.